The van der Waals surface area contributed by atoms with Crippen molar-refractivity contribution in [2.75, 3.05) is 18.0 Å². The Morgan fingerprint density at radius 2 is 1.78 bits per heavy atom. The van der Waals surface area contributed by atoms with Crippen LogP contribution >= 0.6 is 47.2 Å². The van der Waals surface area contributed by atoms with Crippen molar-refractivity contribution in [1.29, 1.82) is 0 Å². The van der Waals surface area contributed by atoms with E-state index < -0.39 is 5.82 Å². The summed E-state index contributed by atoms with van der Waals surface area (Å²) in [4.78, 5) is 14.1. The fraction of sp³-hybridized carbons (Fsp3) is 0.133. The zero-order valence-electron chi connectivity index (χ0n) is 11.7. The molecule has 0 aliphatic carbocycles. The Hall–Kier alpha value is -1.04. The Labute approximate surface area is 154 Å². The highest BCUT2D eigenvalue weighted by atomic mass is 35.5. The molecule has 124 valence electrons. The molecule has 2 aromatic rings. The highest BCUT2D eigenvalue weighted by Crippen LogP contribution is 2.27. The summed E-state index contributed by atoms with van der Waals surface area (Å²) in [6, 6.07) is 8.60. The maximum absolute atomic E-state index is 13.3. The quantitative estimate of drug-likeness (QED) is 0.804. The Balaban J connectivity index is 0.00000264. The van der Waals surface area contributed by atoms with Crippen molar-refractivity contribution < 1.29 is 9.18 Å². The molecule has 2 aromatic carbocycles. The lowest BCUT2D eigenvalue weighted by Gasteiger charge is -2.23. The van der Waals surface area contributed by atoms with E-state index in [1.54, 1.807) is 6.07 Å². The van der Waals surface area contributed by atoms with Gasteiger partial charge in [0, 0.05) is 23.8 Å². The first-order valence-electron chi connectivity index (χ1n) is 6.36. The minimum absolute atomic E-state index is 0. The summed E-state index contributed by atoms with van der Waals surface area (Å²) < 4.78 is 13.3. The van der Waals surface area contributed by atoms with Gasteiger partial charge in [0.15, 0.2) is 0 Å². The average molecular weight is 398 g/mol. The van der Waals surface area contributed by atoms with E-state index in [1.807, 2.05) is 0 Å². The summed E-state index contributed by atoms with van der Waals surface area (Å²) in [5, 5.41) is 0.582. The van der Waals surface area contributed by atoms with Crippen molar-refractivity contribution in [3.63, 3.8) is 0 Å². The molecule has 0 spiro atoms. The van der Waals surface area contributed by atoms with Crippen LogP contribution in [-0.4, -0.2) is 19.0 Å². The van der Waals surface area contributed by atoms with Crippen LogP contribution in [-0.2, 0) is 0 Å². The third-order valence-corrected chi connectivity index (χ3v) is 3.81. The van der Waals surface area contributed by atoms with Gasteiger partial charge < -0.3 is 10.6 Å². The summed E-state index contributed by atoms with van der Waals surface area (Å²) in [6.07, 6.45) is 0. The number of nitrogens with two attached hydrogens (primary N) is 1. The van der Waals surface area contributed by atoms with Crippen molar-refractivity contribution in [3.8, 4) is 0 Å². The summed E-state index contributed by atoms with van der Waals surface area (Å²) in [6.45, 7) is 0.464. The molecule has 0 bridgehead atoms. The van der Waals surface area contributed by atoms with Gasteiger partial charge in [0.25, 0.3) is 5.91 Å². The molecule has 23 heavy (non-hydrogen) atoms. The average Bonchev–Trinajstić information content (AvgIpc) is 2.47. The number of hydrogen-bond acceptors (Lipinski definition) is 2. The van der Waals surface area contributed by atoms with Gasteiger partial charge in [-0.05, 0) is 36.4 Å². The monoisotopic (exact) mass is 396 g/mol. The molecule has 2 N–H and O–H groups in total. The lowest BCUT2D eigenvalue weighted by Crippen LogP contribution is -2.35. The Bertz CT molecular complexity index is 712. The Kier molecular flexibility index (Phi) is 7.58. The van der Waals surface area contributed by atoms with Crippen LogP contribution in [0, 0.1) is 5.82 Å². The zero-order chi connectivity index (χ0) is 16.3. The van der Waals surface area contributed by atoms with E-state index in [1.165, 1.54) is 35.2 Å². The lowest BCUT2D eigenvalue weighted by molar-refractivity contribution is 0.0987. The highest BCUT2D eigenvalue weighted by Gasteiger charge is 2.20. The molecule has 0 aliphatic heterocycles. The van der Waals surface area contributed by atoms with Gasteiger partial charge in [-0.25, -0.2) is 4.39 Å². The van der Waals surface area contributed by atoms with Gasteiger partial charge in [-0.3, -0.25) is 4.79 Å². The molecule has 0 saturated heterocycles. The predicted octanol–water partition coefficient (Wildman–Crippen LogP) is 4.81. The highest BCUT2D eigenvalue weighted by molar-refractivity contribution is 6.37. The topological polar surface area (TPSA) is 46.3 Å². The number of amides is 1. The molecule has 0 saturated carbocycles. The van der Waals surface area contributed by atoms with Crippen LogP contribution in [0.1, 0.15) is 10.4 Å². The first-order valence-corrected chi connectivity index (χ1v) is 7.49. The molecule has 8 heteroatoms. The maximum atomic E-state index is 13.3. The van der Waals surface area contributed by atoms with Gasteiger partial charge in [-0.1, -0.05) is 34.8 Å². The number of rotatable bonds is 4. The summed E-state index contributed by atoms with van der Waals surface area (Å²) in [5.74, 6) is -0.926. The van der Waals surface area contributed by atoms with Crippen LogP contribution in [0.4, 0.5) is 10.1 Å². The maximum Gasteiger partial charge on any atom is 0.259 e. The van der Waals surface area contributed by atoms with E-state index >= 15 is 0 Å². The smallest absolute Gasteiger partial charge is 0.259 e. The van der Waals surface area contributed by atoms with Crippen molar-refractivity contribution in [2.45, 2.75) is 0 Å². The molecular formula is C15H13Cl4FN2O. The van der Waals surface area contributed by atoms with Crippen molar-refractivity contribution in [3.05, 3.63) is 62.8 Å². The standard InChI is InChI=1S/C15H12Cl3FN2O.ClH/c16-9-1-3-11(12(17)7-9)15(22)21(6-5-20)10-2-4-14(19)13(18)8-10;/h1-4,7-8H,5-6,20H2;1H. The zero-order valence-corrected chi connectivity index (χ0v) is 14.8. The predicted molar refractivity (Wildman–Crippen MR) is 95.9 cm³/mol. The second-order valence-electron chi connectivity index (χ2n) is 4.47. The second-order valence-corrected chi connectivity index (χ2v) is 5.72. The number of carbonyl (C=O) groups excluding carboxylic acids is 1. The van der Waals surface area contributed by atoms with Gasteiger partial charge >= 0.3 is 0 Å². The van der Waals surface area contributed by atoms with E-state index in [4.69, 9.17) is 40.5 Å². The van der Waals surface area contributed by atoms with Crippen LogP contribution in [0.3, 0.4) is 0 Å². The lowest BCUT2D eigenvalue weighted by atomic mass is 10.1. The van der Waals surface area contributed by atoms with E-state index in [9.17, 15) is 9.18 Å². The molecule has 0 radical (unpaired) electrons. The number of carbonyl (C=O) groups is 1. The van der Waals surface area contributed by atoms with Gasteiger partial charge in [-0.2, -0.15) is 0 Å². The number of anilines is 1. The third kappa shape index (κ3) is 4.72. The number of hydrogen-bond donors (Lipinski definition) is 1. The number of halogens is 5. The van der Waals surface area contributed by atoms with E-state index in [-0.39, 0.29) is 47.0 Å². The SMILES string of the molecule is Cl.NCCN(C(=O)c1ccc(Cl)cc1Cl)c1ccc(F)c(Cl)c1. The van der Waals surface area contributed by atoms with Crippen LogP contribution in [0.5, 0.6) is 0 Å². The van der Waals surface area contributed by atoms with Crippen molar-refractivity contribution >= 4 is 58.8 Å². The first-order chi connectivity index (χ1) is 10.4. The Morgan fingerprint density at radius 3 is 2.35 bits per heavy atom. The normalized spacial score (nSPS) is 10.1. The van der Waals surface area contributed by atoms with Crippen molar-refractivity contribution in [2.24, 2.45) is 5.73 Å². The fourth-order valence-corrected chi connectivity index (χ4v) is 2.60. The van der Waals surface area contributed by atoms with E-state index in [0.717, 1.165) is 0 Å². The summed E-state index contributed by atoms with van der Waals surface area (Å²) in [7, 11) is 0. The first kappa shape index (κ1) is 20.0. The number of nitrogens with zero attached hydrogens (tertiary/aromatic N) is 1. The molecule has 0 atom stereocenters. The van der Waals surface area contributed by atoms with E-state index in [2.05, 4.69) is 0 Å². The van der Waals surface area contributed by atoms with Crippen LogP contribution < -0.4 is 10.6 Å². The minimum Gasteiger partial charge on any atom is -0.329 e. The molecule has 0 unspecified atom stereocenters. The molecule has 0 aromatic heterocycles. The summed E-state index contributed by atoms with van der Waals surface area (Å²) in [5.41, 5.74) is 6.27. The molecular weight excluding hydrogens is 385 g/mol. The Morgan fingerprint density at radius 1 is 1.09 bits per heavy atom. The molecule has 0 aliphatic rings. The molecule has 0 fully saturated rings. The largest absolute Gasteiger partial charge is 0.329 e. The summed E-state index contributed by atoms with van der Waals surface area (Å²) >= 11 is 17.7. The molecule has 2 rings (SSSR count). The van der Waals surface area contributed by atoms with Gasteiger partial charge in [-0.15, -0.1) is 12.4 Å². The van der Waals surface area contributed by atoms with Crippen LogP contribution in [0.25, 0.3) is 0 Å². The fourth-order valence-electron chi connectivity index (χ4n) is 1.94. The van der Waals surface area contributed by atoms with Gasteiger partial charge in [0.1, 0.15) is 5.82 Å². The van der Waals surface area contributed by atoms with Crippen LogP contribution in [0.2, 0.25) is 15.1 Å². The third-order valence-electron chi connectivity index (χ3n) is 2.97. The number of benzene rings is 2. The molecule has 3 nitrogen and oxygen atoms in total. The van der Waals surface area contributed by atoms with Crippen molar-refractivity contribution in [1.82, 2.24) is 0 Å². The minimum atomic E-state index is -0.560. The second kappa shape index (κ2) is 8.71. The van der Waals surface area contributed by atoms with Gasteiger partial charge in [0.05, 0.1) is 15.6 Å². The van der Waals surface area contributed by atoms with Gasteiger partial charge in [0.2, 0.25) is 0 Å². The van der Waals surface area contributed by atoms with Crippen LogP contribution in [0.15, 0.2) is 36.4 Å². The van der Waals surface area contributed by atoms with E-state index in [0.29, 0.717) is 10.7 Å². The molecule has 0 heterocycles. The molecule has 1 amide bonds.